The van der Waals surface area contributed by atoms with Gasteiger partial charge in [-0.15, -0.1) is 0 Å². The van der Waals surface area contributed by atoms with E-state index in [2.05, 4.69) is 12.2 Å². The molecule has 1 aliphatic carbocycles. The molecule has 2 amide bonds. The van der Waals surface area contributed by atoms with E-state index in [0.29, 0.717) is 6.10 Å². The molecule has 0 heterocycles. The van der Waals surface area contributed by atoms with Gasteiger partial charge in [-0.05, 0) is 63.3 Å². The molecule has 4 heteroatoms. The highest BCUT2D eigenvalue weighted by molar-refractivity contribution is 5.89. The lowest BCUT2D eigenvalue weighted by atomic mass is 10.2. The van der Waals surface area contributed by atoms with Gasteiger partial charge in [-0.1, -0.05) is 13.3 Å². The van der Waals surface area contributed by atoms with Crippen LogP contribution in [0.4, 0.5) is 10.5 Å². The quantitative estimate of drug-likeness (QED) is 0.796. The summed E-state index contributed by atoms with van der Waals surface area (Å²) in [5, 5.41) is 2.95. The average Bonchev–Trinajstić information content (AvgIpc) is 3.03. The lowest BCUT2D eigenvalue weighted by Crippen LogP contribution is -2.35. The second kappa shape index (κ2) is 8.66. The van der Waals surface area contributed by atoms with Crippen LogP contribution >= 0.6 is 0 Å². The predicted octanol–water partition coefficient (Wildman–Crippen LogP) is 4.66. The summed E-state index contributed by atoms with van der Waals surface area (Å²) < 4.78 is 5.93. The monoisotopic (exact) mass is 304 g/mol. The van der Waals surface area contributed by atoms with Gasteiger partial charge in [0.1, 0.15) is 5.75 Å². The summed E-state index contributed by atoms with van der Waals surface area (Å²) in [7, 11) is 0. The van der Waals surface area contributed by atoms with Gasteiger partial charge in [-0.3, -0.25) is 0 Å². The summed E-state index contributed by atoms with van der Waals surface area (Å²) in [6.07, 6.45) is 7.34. The highest BCUT2D eigenvalue weighted by Gasteiger charge is 2.16. The van der Waals surface area contributed by atoms with Gasteiger partial charge in [0.25, 0.3) is 0 Å². The van der Waals surface area contributed by atoms with Gasteiger partial charge in [0.15, 0.2) is 0 Å². The Kier molecular flexibility index (Phi) is 6.56. The highest BCUT2D eigenvalue weighted by atomic mass is 16.5. The minimum absolute atomic E-state index is 0.0274. The van der Waals surface area contributed by atoms with Crippen LogP contribution in [0.1, 0.15) is 52.4 Å². The first-order chi connectivity index (χ1) is 10.7. The summed E-state index contributed by atoms with van der Waals surface area (Å²) in [6, 6.07) is 7.68. The largest absolute Gasteiger partial charge is 0.490 e. The molecule has 1 aromatic carbocycles. The number of unbranched alkanes of at least 4 members (excludes halogenated alkanes) is 1. The molecule has 2 rings (SSSR count). The van der Waals surface area contributed by atoms with Crippen LogP contribution in [-0.2, 0) is 0 Å². The Morgan fingerprint density at radius 3 is 2.50 bits per heavy atom. The van der Waals surface area contributed by atoms with Crippen molar-refractivity contribution in [3.8, 4) is 5.75 Å². The number of hydrogen-bond donors (Lipinski definition) is 1. The molecule has 4 nitrogen and oxygen atoms in total. The van der Waals surface area contributed by atoms with E-state index in [1.807, 2.05) is 36.1 Å². The minimum Gasteiger partial charge on any atom is -0.490 e. The van der Waals surface area contributed by atoms with Crippen LogP contribution < -0.4 is 10.1 Å². The number of ether oxygens (including phenoxy) is 1. The molecule has 122 valence electrons. The number of carbonyl (C=O) groups is 1. The van der Waals surface area contributed by atoms with E-state index < -0.39 is 0 Å². The van der Waals surface area contributed by atoms with Gasteiger partial charge >= 0.3 is 6.03 Å². The van der Waals surface area contributed by atoms with Crippen LogP contribution in [0.3, 0.4) is 0 Å². The second-order valence-electron chi connectivity index (χ2n) is 5.91. The summed E-state index contributed by atoms with van der Waals surface area (Å²) in [4.78, 5) is 14.0. The normalized spacial score (nSPS) is 14.8. The van der Waals surface area contributed by atoms with Gasteiger partial charge in [0.2, 0.25) is 0 Å². The SMILES string of the molecule is CCCCN(CC)C(=O)Nc1ccc(OC2CCCC2)cc1. The molecular formula is C18H28N2O2. The second-order valence-corrected chi connectivity index (χ2v) is 5.91. The topological polar surface area (TPSA) is 41.6 Å². The molecule has 1 fully saturated rings. The van der Waals surface area contributed by atoms with Crippen molar-refractivity contribution in [3.05, 3.63) is 24.3 Å². The molecule has 0 bridgehead atoms. The van der Waals surface area contributed by atoms with Crippen molar-refractivity contribution >= 4 is 11.7 Å². The molecule has 0 spiro atoms. The van der Waals surface area contributed by atoms with E-state index in [1.54, 1.807) is 0 Å². The van der Waals surface area contributed by atoms with E-state index in [9.17, 15) is 4.79 Å². The number of anilines is 1. The minimum atomic E-state index is -0.0274. The van der Waals surface area contributed by atoms with Crippen molar-refractivity contribution in [2.24, 2.45) is 0 Å². The maximum Gasteiger partial charge on any atom is 0.321 e. The number of rotatable bonds is 7. The van der Waals surface area contributed by atoms with Crippen molar-refractivity contribution in [1.29, 1.82) is 0 Å². The Labute approximate surface area is 133 Å². The zero-order valence-electron chi connectivity index (χ0n) is 13.8. The van der Waals surface area contributed by atoms with Crippen molar-refractivity contribution in [2.45, 2.75) is 58.5 Å². The van der Waals surface area contributed by atoms with Gasteiger partial charge in [0.05, 0.1) is 6.10 Å². The van der Waals surface area contributed by atoms with Crippen molar-refractivity contribution in [3.63, 3.8) is 0 Å². The number of benzene rings is 1. The third-order valence-electron chi connectivity index (χ3n) is 4.16. The van der Waals surface area contributed by atoms with Crippen molar-refractivity contribution in [1.82, 2.24) is 4.90 Å². The summed E-state index contributed by atoms with van der Waals surface area (Å²) in [6.45, 7) is 5.68. The number of carbonyl (C=O) groups excluding carboxylic acids is 1. The predicted molar refractivity (Wildman–Crippen MR) is 90.5 cm³/mol. The van der Waals surface area contributed by atoms with E-state index >= 15 is 0 Å². The smallest absolute Gasteiger partial charge is 0.321 e. The number of amides is 2. The van der Waals surface area contributed by atoms with Gasteiger partial charge < -0.3 is 15.0 Å². The number of hydrogen-bond acceptors (Lipinski definition) is 2. The van der Waals surface area contributed by atoms with Crippen LogP contribution in [0.5, 0.6) is 5.75 Å². The van der Waals surface area contributed by atoms with Crippen molar-refractivity contribution < 1.29 is 9.53 Å². The van der Waals surface area contributed by atoms with Crippen LogP contribution in [0.2, 0.25) is 0 Å². The van der Waals surface area contributed by atoms with E-state index in [1.165, 1.54) is 12.8 Å². The molecule has 1 N–H and O–H groups in total. The average molecular weight is 304 g/mol. The lowest BCUT2D eigenvalue weighted by molar-refractivity contribution is 0.210. The standard InChI is InChI=1S/C18H28N2O2/c1-3-5-14-20(4-2)18(21)19-15-10-12-17(13-11-15)22-16-8-6-7-9-16/h10-13,16H,3-9,14H2,1-2H3,(H,19,21). The fraction of sp³-hybridized carbons (Fsp3) is 0.611. The number of nitrogens with one attached hydrogen (secondary N) is 1. The molecule has 0 aromatic heterocycles. The van der Waals surface area contributed by atoms with Crippen molar-refractivity contribution in [2.75, 3.05) is 18.4 Å². The molecule has 0 unspecified atom stereocenters. The molecule has 0 aliphatic heterocycles. The summed E-state index contributed by atoms with van der Waals surface area (Å²) in [5.74, 6) is 0.892. The van der Waals surface area contributed by atoms with Crippen LogP contribution in [-0.4, -0.2) is 30.1 Å². The zero-order valence-corrected chi connectivity index (χ0v) is 13.8. The Hall–Kier alpha value is -1.71. The molecule has 0 atom stereocenters. The maximum atomic E-state index is 12.2. The lowest BCUT2D eigenvalue weighted by Gasteiger charge is -2.21. The van der Waals surface area contributed by atoms with Crippen LogP contribution in [0.25, 0.3) is 0 Å². The Balaban J connectivity index is 1.85. The summed E-state index contributed by atoms with van der Waals surface area (Å²) in [5.41, 5.74) is 0.818. The first-order valence-corrected chi connectivity index (χ1v) is 8.55. The fourth-order valence-corrected chi connectivity index (χ4v) is 2.77. The molecule has 0 saturated heterocycles. The number of nitrogens with zero attached hydrogens (tertiary/aromatic N) is 1. The molecule has 1 aromatic rings. The van der Waals surface area contributed by atoms with E-state index in [4.69, 9.17) is 4.74 Å². The van der Waals surface area contributed by atoms with Crippen LogP contribution in [0, 0.1) is 0 Å². The third-order valence-corrected chi connectivity index (χ3v) is 4.16. The van der Waals surface area contributed by atoms with Gasteiger partial charge in [0, 0.05) is 18.8 Å². The van der Waals surface area contributed by atoms with Crippen LogP contribution in [0.15, 0.2) is 24.3 Å². The third kappa shape index (κ3) is 4.93. The summed E-state index contributed by atoms with van der Waals surface area (Å²) >= 11 is 0. The van der Waals surface area contributed by atoms with E-state index in [-0.39, 0.29) is 6.03 Å². The Morgan fingerprint density at radius 1 is 1.23 bits per heavy atom. The fourth-order valence-electron chi connectivity index (χ4n) is 2.77. The van der Waals surface area contributed by atoms with E-state index in [0.717, 1.165) is 50.2 Å². The molecular weight excluding hydrogens is 276 g/mol. The first-order valence-electron chi connectivity index (χ1n) is 8.55. The maximum absolute atomic E-state index is 12.2. The highest BCUT2D eigenvalue weighted by Crippen LogP contribution is 2.25. The van der Waals surface area contributed by atoms with Gasteiger partial charge in [-0.2, -0.15) is 0 Å². The zero-order chi connectivity index (χ0) is 15.8. The molecule has 0 radical (unpaired) electrons. The van der Waals surface area contributed by atoms with Gasteiger partial charge in [-0.25, -0.2) is 4.79 Å². The number of urea groups is 1. The Morgan fingerprint density at radius 2 is 1.91 bits per heavy atom. The molecule has 1 saturated carbocycles. The molecule has 1 aliphatic rings. The first kappa shape index (κ1) is 16.7. The Bertz CT molecular complexity index is 453. The molecule has 22 heavy (non-hydrogen) atoms.